The minimum atomic E-state index is -1.28. The molecular weight excluding hydrogens is 853 g/mol. The molecule has 2 aromatic carbocycles. The fraction of sp³-hybridized carbons (Fsp3) is 0.569. The third-order valence-corrected chi connectivity index (χ3v) is 16.2. The number of aryl methyl sites for hydroxylation is 1. The van der Waals surface area contributed by atoms with Gasteiger partial charge >= 0.3 is 0 Å². The van der Waals surface area contributed by atoms with Gasteiger partial charge in [-0.25, -0.2) is 0 Å². The number of hydrogen-bond donors (Lipinski definition) is 7. The van der Waals surface area contributed by atoms with E-state index >= 15 is 0 Å². The van der Waals surface area contributed by atoms with Gasteiger partial charge in [0.2, 0.25) is 0 Å². The van der Waals surface area contributed by atoms with Crippen molar-refractivity contribution in [3.63, 3.8) is 0 Å². The molecule has 2 fully saturated rings. The van der Waals surface area contributed by atoms with Crippen molar-refractivity contribution < 1.29 is 39.8 Å². The van der Waals surface area contributed by atoms with E-state index < -0.39 is 35.7 Å². The van der Waals surface area contributed by atoms with Gasteiger partial charge in [-0.1, -0.05) is 114 Å². The number of fused-ring (bicyclic) bond motifs is 5. The number of allylic oxidation sites excluding steroid dienone is 9. The smallest absolute Gasteiger partial charge is 0.145 e. The van der Waals surface area contributed by atoms with Crippen molar-refractivity contribution in [3.8, 4) is 0 Å². The molecule has 7 N–H and O–H groups in total. The van der Waals surface area contributed by atoms with Crippen LogP contribution in [-0.4, -0.2) is 115 Å². The number of aliphatic hydroxyl groups is 5. The van der Waals surface area contributed by atoms with Gasteiger partial charge in [-0.3, -0.25) is 4.79 Å². The van der Waals surface area contributed by atoms with E-state index in [0.717, 1.165) is 61.7 Å². The molecular formula is C58H82N2O8. The molecule has 4 aliphatic rings. The molecule has 1 spiro atoms. The Morgan fingerprint density at radius 3 is 2.59 bits per heavy atom. The fourth-order valence-corrected chi connectivity index (χ4v) is 12.5. The zero-order valence-electron chi connectivity index (χ0n) is 41.5. The number of aldehydes is 1. The molecule has 0 saturated heterocycles. The SMILES string of the molecule is C=C(C=CC=C(COCC(O)CO)C1CCC2(C1O)C1C(=C(C)C=O)C(C=CC1CCO)CC2(O)CCNC)C1CC=C(C)CNC(C)(CCOC)Cc2cccc(c2)C1CCc1ccccc1. The summed E-state index contributed by atoms with van der Waals surface area (Å²) in [5, 5.41) is 63.6. The van der Waals surface area contributed by atoms with Gasteiger partial charge in [-0.05, 0) is 150 Å². The number of carbonyl (C=O) groups excluding carboxylic acids is 1. The highest BCUT2D eigenvalue weighted by atomic mass is 16.5. The highest BCUT2D eigenvalue weighted by molar-refractivity contribution is 5.74. The molecule has 372 valence electrons. The van der Waals surface area contributed by atoms with E-state index in [4.69, 9.17) is 16.1 Å². The number of benzene rings is 2. The molecule has 4 bridgehead atoms. The van der Waals surface area contributed by atoms with Gasteiger partial charge in [-0.15, -0.1) is 0 Å². The van der Waals surface area contributed by atoms with E-state index in [0.29, 0.717) is 50.8 Å². The molecule has 10 nitrogen and oxygen atoms in total. The second-order valence-electron chi connectivity index (χ2n) is 20.8. The molecule has 11 unspecified atom stereocenters. The minimum absolute atomic E-state index is 0.0604. The first-order chi connectivity index (χ1) is 32.8. The normalized spacial score (nSPS) is 32.1. The molecule has 2 saturated carbocycles. The topological polar surface area (TPSA) is 161 Å². The molecule has 1 heterocycles. The molecule has 3 aliphatic carbocycles. The van der Waals surface area contributed by atoms with Crippen molar-refractivity contribution in [3.05, 3.63) is 142 Å². The molecule has 6 rings (SSSR count). The Bertz CT molecular complexity index is 2130. The summed E-state index contributed by atoms with van der Waals surface area (Å²) >= 11 is 0. The van der Waals surface area contributed by atoms with Gasteiger partial charge in [-0.2, -0.15) is 0 Å². The summed E-state index contributed by atoms with van der Waals surface area (Å²) in [5.41, 5.74) is 6.09. The van der Waals surface area contributed by atoms with E-state index in [-0.39, 0.29) is 54.9 Å². The van der Waals surface area contributed by atoms with Gasteiger partial charge in [0.25, 0.3) is 0 Å². The first-order valence-corrected chi connectivity index (χ1v) is 25.2. The molecule has 1 aliphatic heterocycles. The molecule has 0 aromatic heterocycles. The van der Waals surface area contributed by atoms with Gasteiger partial charge < -0.3 is 45.6 Å². The lowest BCUT2D eigenvalue weighted by Crippen LogP contribution is -2.65. The van der Waals surface area contributed by atoms with E-state index in [1.807, 2.05) is 26.1 Å². The number of aliphatic hydroxyl groups excluding tert-OH is 4. The highest BCUT2D eigenvalue weighted by Gasteiger charge is 2.68. The predicted octanol–water partition coefficient (Wildman–Crippen LogP) is 7.52. The lowest BCUT2D eigenvalue weighted by atomic mass is 9.45. The second-order valence-corrected chi connectivity index (χ2v) is 20.8. The van der Waals surface area contributed by atoms with Crippen molar-refractivity contribution >= 4 is 6.29 Å². The summed E-state index contributed by atoms with van der Waals surface area (Å²) in [4.78, 5) is 12.6. The number of ether oxygens (including phenoxy) is 2. The Morgan fingerprint density at radius 2 is 1.87 bits per heavy atom. The van der Waals surface area contributed by atoms with E-state index in [1.165, 1.54) is 22.3 Å². The number of methoxy groups -OCH3 is 1. The molecule has 10 heteroatoms. The summed E-state index contributed by atoms with van der Waals surface area (Å²) in [6.45, 7) is 12.6. The average molecular weight is 935 g/mol. The van der Waals surface area contributed by atoms with E-state index in [1.54, 1.807) is 7.11 Å². The monoisotopic (exact) mass is 935 g/mol. The Kier molecular flexibility index (Phi) is 19.6. The van der Waals surface area contributed by atoms with Crippen LogP contribution in [0.4, 0.5) is 0 Å². The zero-order valence-corrected chi connectivity index (χ0v) is 41.5. The number of carbonyl (C=O) groups is 1. The van der Waals surface area contributed by atoms with E-state index in [2.05, 4.69) is 103 Å². The Hall–Kier alpha value is -3.81. The largest absolute Gasteiger partial charge is 0.396 e. The van der Waals surface area contributed by atoms with Crippen molar-refractivity contribution in [2.75, 3.05) is 60.3 Å². The predicted molar refractivity (Wildman–Crippen MR) is 272 cm³/mol. The maximum atomic E-state index is 13.1. The van der Waals surface area contributed by atoms with Crippen LogP contribution in [0.15, 0.2) is 125 Å². The van der Waals surface area contributed by atoms with Crippen molar-refractivity contribution in [1.82, 2.24) is 10.6 Å². The summed E-state index contributed by atoms with van der Waals surface area (Å²) in [6.07, 6.45) is 18.3. The highest BCUT2D eigenvalue weighted by Crippen LogP contribution is 2.67. The Labute approximate surface area is 407 Å². The maximum Gasteiger partial charge on any atom is 0.145 e. The van der Waals surface area contributed by atoms with Crippen LogP contribution in [0.5, 0.6) is 0 Å². The van der Waals surface area contributed by atoms with Crippen LogP contribution in [0.2, 0.25) is 0 Å². The third-order valence-electron chi connectivity index (χ3n) is 16.2. The summed E-state index contributed by atoms with van der Waals surface area (Å²) in [5.74, 6) is -0.896. The molecule has 11 atom stereocenters. The lowest BCUT2D eigenvalue weighted by Gasteiger charge is -2.61. The first kappa shape index (κ1) is 53.5. The van der Waals surface area contributed by atoms with Crippen LogP contribution in [0.25, 0.3) is 0 Å². The van der Waals surface area contributed by atoms with Gasteiger partial charge in [0.1, 0.15) is 12.4 Å². The van der Waals surface area contributed by atoms with Crippen molar-refractivity contribution in [2.45, 2.75) is 114 Å². The molecule has 0 amide bonds. The van der Waals surface area contributed by atoms with Crippen LogP contribution in [0.1, 0.15) is 94.7 Å². The lowest BCUT2D eigenvalue weighted by molar-refractivity contribution is -0.194. The fourth-order valence-electron chi connectivity index (χ4n) is 12.5. The molecule has 2 aromatic rings. The zero-order chi connectivity index (χ0) is 48.9. The van der Waals surface area contributed by atoms with Crippen molar-refractivity contribution in [1.29, 1.82) is 0 Å². The quantitative estimate of drug-likeness (QED) is 0.0289. The first-order valence-electron chi connectivity index (χ1n) is 25.2. The van der Waals surface area contributed by atoms with Gasteiger partial charge in [0.15, 0.2) is 0 Å². The molecule has 0 radical (unpaired) electrons. The van der Waals surface area contributed by atoms with Gasteiger partial charge in [0, 0.05) is 49.7 Å². The number of hydrogen-bond acceptors (Lipinski definition) is 10. The standard InChI is InChI=1S/C58H82N2O8/c1-40-18-22-50(51(23-19-43-13-8-7-9-14-43)46-16-11-15-44(32-46)33-56(4,60-35-40)28-31-67-6)41(2)12-10-17-48(38-68-39-49(64)37-63)52-24-26-58(55(52)65)54-45(25-30-61)20-21-47(53(54)42(3)36-62)34-57(58,66)27-29-59-5/h7-18,20-21,32,36,45,47,49-52,54-55,59-61,63-66H,2,19,22-31,33-35,37-39H2,1,3-6H3. The summed E-state index contributed by atoms with van der Waals surface area (Å²) in [6, 6.07) is 19.8. The molecule has 68 heavy (non-hydrogen) atoms. The number of nitrogens with one attached hydrogen (secondary N) is 2. The van der Waals surface area contributed by atoms with Crippen LogP contribution >= 0.6 is 0 Å². The van der Waals surface area contributed by atoms with E-state index in [9.17, 15) is 30.3 Å². The van der Waals surface area contributed by atoms with Gasteiger partial charge in [0.05, 0.1) is 31.5 Å². The van der Waals surface area contributed by atoms with Crippen molar-refractivity contribution in [2.24, 2.45) is 35.0 Å². The number of rotatable bonds is 21. The second kappa shape index (κ2) is 24.8. The Morgan fingerprint density at radius 1 is 1.07 bits per heavy atom. The van der Waals surface area contributed by atoms with Crippen LogP contribution in [0, 0.1) is 35.0 Å². The maximum absolute atomic E-state index is 13.1. The third kappa shape index (κ3) is 12.4. The average Bonchev–Trinajstić information content (AvgIpc) is 3.69. The van der Waals surface area contributed by atoms with Crippen LogP contribution in [-0.2, 0) is 27.1 Å². The summed E-state index contributed by atoms with van der Waals surface area (Å²) in [7, 11) is 3.63. The van der Waals surface area contributed by atoms with Crippen LogP contribution in [0.3, 0.4) is 0 Å². The van der Waals surface area contributed by atoms with Crippen LogP contribution < -0.4 is 10.6 Å². The minimum Gasteiger partial charge on any atom is -0.396 e. The Balaban J connectivity index is 1.39. The summed E-state index contributed by atoms with van der Waals surface area (Å²) < 4.78 is 11.6.